The Bertz CT molecular complexity index is 433. The minimum atomic E-state index is -3.56. The zero-order valence-electron chi connectivity index (χ0n) is 9.77. The van der Waals surface area contributed by atoms with E-state index in [2.05, 4.69) is 9.71 Å². The molecular weight excluding hydrogens is 228 g/mol. The highest BCUT2D eigenvalue weighted by Crippen LogP contribution is 2.15. The molecule has 0 radical (unpaired) electrons. The molecule has 7 heteroatoms. The first-order chi connectivity index (χ1) is 7.38. The SMILES string of the molecule is CCC(C)CNS(=O)(=O)c1c(N)ncn1C. The summed E-state index contributed by atoms with van der Waals surface area (Å²) in [4.78, 5) is 3.75. The Morgan fingerprint density at radius 1 is 1.62 bits per heavy atom. The summed E-state index contributed by atoms with van der Waals surface area (Å²) in [7, 11) is -1.96. The molecule has 92 valence electrons. The van der Waals surface area contributed by atoms with Crippen molar-refractivity contribution < 1.29 is 8.42 Å². The van der Waals surface area contributed by atoms with Gasteiger partial charge in [0.15, 0.2) is 10.8 Å². The summed E-state index contributed by atoms with van der Waals surface area (Å²) in [5.74, 6) is 0.323. The summed E-state index contributed by atoms with van der Waals surface area (Å²) in [5, 5.41) is 0.0239. The predicted octanol–water partition coefficient (Wildman–Crippen LogP) is 0.327. The van der Waals surface area contributed by atoms with E-state index in [9.17, 15) is 8.42 Å². The highest BCUT2D eigenvalue weighted by Gasteiger charge is 2.22. The fourth-order valence-corrected chi connectivity index (χ4v) is 2.62. The lowest BCUT2D eigenvalue weighted by atomic mass is 10.1. The molecule has 0 saturated carbocycles. The van der Waals surface area contributed by atoms with E-state index in [1.807, 2.05) is 13.8 Å². The molecule has 0 aliphatic rings. The third-order valence-electron chi connectivity index (χ3n) is 2.48. The summed E-state index contributed by atoms with van der Waals surface area (Å²) >= 11 is 0. The van der Waals surface area contributed by atoms with E-state index >= 15 is 0 Å². The highest BCUT2D eigenvalue weighted by molar-refractivity contribution is 7.89. The van der Waals surface area contributed by atoms with Crippen molar-refractivity contribution in [2.24, 2.45) is 13.0 Å². The third-order valence-corrected chi connectivity index (χ3v) is 4.04. The van der Waals surface area contributed by atoms with E-state index in [1.165, 1.54) is 10.9 Å². The zero-order chi connectivity index (χ0) is 12.3. The Hall–Kier alpha value is -1.08. The smallest absolute Gasteiger partial charge is 0.260 e. The lowest BCUT2D eigenvalue weighted by molar-refractivity contribution is 0.524. The van der Waals surface area contributed by atoms with Crippen LogP contribution in [0.5, 0.6) is 0 Å². The van der Waals surface area contributed by atoms with Gasteiger partial charge in [0, 0.05) is 13.6 Å². The van der Waals surface area contributed by atoms with Crippen LogP contribution in [-0.4, -0.2) is 24.5 Å². The number of hydrogen-bond acceptors (Lipinski definition) is 4. The number of nitrogen functional groups attached to an aromatic ring is 1. The fraction of sp³-hybridized carbons (Fsp3) is 0.667. The van der Waals surface area contributed by atoms with E-state index in [4.69, 9.17) is 5.73 Å². The number of nitrogens with zero attached hydrogens (tertiary/aromatic N) is 2. The van der Waals surface area contributed by atoms with E-state index in [0.29, 0.717) is 12.5 Å². The molecule has 3 N–H and O–H groups in total. The molecule has 1 rings (SSSR count). The molecular formula is C9H18N4O2S. The van der Waals surface area contributed by atoms with Crippen LogP contribution in [0.3, 0.4) is 0 Å². The van der Waals surface area contributed by atoms with Crippen LogP contribution < -0.4 is 10.5 Å². The second-order valence-electron chi connectivity index (χ2n) is 3.91. The van der Waals surface area contributed by atoms with Gasteiger partial charge in [0.2, 0.25) is 0 Å². The molecule has 0 spiro atoms. The van der Waals surface area contributed by atoms with Crippen LogP contribution in [0.2, 0.25) is 0 Å². The monoisotopic (exact) mass is 246 g/mol. The van der Waals surface area contributed by atoms with Gasteiger partial charge in [0.25, 0.3) is 10.0 Å². The van der Waals surface area contributed by atoms with Crippen molar-refractivity contribution in [1.29, 1.82) is 0 Å². The molecule has 1 unspecified atom stereocenters. The average molecular weight is 246 g/mol. The number of aryl methyl sites for hydroxylation is 1. The maximum absolute atomic E-state index is 11.9. The first-order valence-corrected chi connectivity index (χ1v) is 6.63. The molecule has 1 aromatic heterocycles. The summed E-state index contributed by atoms with van der Waals surface area (Å²) in [6, 6.07) is 0. The first-order valence-electron chi connectivity index (χ1n) is 5.15. The van der Waals surface area contributed by atoms with Crippen LogP contribution in [-0.2, 0) is 17.1 Å². The Morgan fingerprint density at radius 3 is 2.69 bits per heavy atom. The maximum atomic E-state index is 11.9. The van der Waals surface area contributed by atoms with E-state index in [1.54, 1.807) is 7.05 Å². The maximum Gasteiger partial charge on any atom is 0.260 e. The fourth-order valence-electron chi connectivity index (χ4n) is 1.23. The first kappa shape index (κ1) is 13.0. The van der Waals surface area contributed by atoms with Crippen LogP contribution in [0.1, 0.15) is 20.3 Å². The van der Waals surface area contributed by atoms with Crippen LogP contribution in [0.25, 0.3) is 0 Å². The molecule has 0 bridgehead atoms. The Kier molecular flexibility index (Phi) is 3.93. The van der Waals surface area contributed by atoms with Gasteiger partial charge in [0.1, 0.15) is 0 Å². The van der Waals surface area contributed by atoms with Gasteiger partial charge in [-0.05, 0) is 5.92 Å². The van der Waals surface area contributed by atoms with Crippen LogP contribution >= 0.6 is 0 Å². The van der Waals surface area contributed by atoms with E-state index in [0.717, 1.165) is 6.42 Å². The summed E-state index contributed by atoms with van der Waals surface area (Å²) in [6.07, 6.45) is 2.30. The minimum Gasteiger partial charge on any atom is -0.381 e. The summed E-state index contributed by atoms with van der Waals surface area (Å²) in [5.41, 5.74) is 5.52. The lowest BCUT2D eigenvalue weighted by Crippen LogP contribution is -2.30. The molecule has 0 fully saturated rings. The van der Waals surface area contributed by atoms with Gasteiger partial charge < -0.3 is 10.3 Å². The number of hydrogen-bond donors (Lipinski definition) is 2. The second kappa shape index (κ2) is 4.84. The molecule has 0 aliphatic heterocycles. The lowest BCUT2D eigenvalue weighted by Gasteiger charge is -2.11. The highest BCUT2D eigenvalue weighted by atomic mass is 32.2. The van der Waals surface area contributed by atoms with Gasteiger partial charge in [-0.1, -0.05) is 20.3 Å². The number of sulfonamides is 1. The van der Waals surface area contributed by atoms with Crippen molar-refractivity contribution in [2.45, 2.75) is 25.3 Å². The summed E-state index contributed by atoms with van der Waals surface area (Å²) < 4.78 is 27.7. The predicted molar refractivity (Wildman–Crippen MR) is 62.3 cm³/mol. The van der Waals surface area contributed by atoms with Gasteiger partial charge in [0.05, 0.1) is 6.33 Å². The van der Waals surface area contributed by atoms with Gasteiger partial charge in [-0.25, -0.2) is 18.1 Å². The Balaban J connectivity index is 2.87. The molecule has 1 heterocycles. The molecule has 6 nitrogen and oxygen atoms in total. The van der Waals surface area contributed by atoms with E-state index < -0.39 is 10.0 Å². The Morgan fingerprint density at radius 2 is 2.25 bits per heavy atom. The Labute approximate surface area is 95.9 Å². The molecule has 16 heavy (non-hydrogen) atoms. The third kappa shape index (κ3) is 2.73. The zero-order valence-corrected chi connectivity index (χ0v) is 10.6. The van der Waals surface area contributed by atoms with Crippen molar-refractivity contribution in [3.63, 3.8) is 0 Å². The van der Waals surface area contributed by atoms with Crippen molar-refractivity contribution >= 4 is 15.8 Å². The average Bonchev–Trinajstić information content (AvgIpc) is 2.55. The van der Waals surface area contributed by atoms with Crippen molar-refractivity contribution in [3.8, 4) is 0 Å². The summed E-state index contributed by atoms with van der Waals surface area (Å²) in [6.45, 7) is 4.40. The standard InChI is InChI=1S/C9H18N4O2S/c1-4-7(2)5-12-16(14,15)9-8(10)11-6-13(9)3/h6-7,12H,4-5,10H2,1-3H3. The molecule has 0 amide bonds. The van der Waals surface area contributed by atoms with Gasteiger partial charge in [-0.2, -0.15) is 0 Å². The number of nitrogens with two attached hydrogens (primary N) is 1. The van der Waals surface area contributed by atoms with Gasteiger partial charge in [-0.15, -0.1) is 0 Å². The molecule has 0 aliphatic carbocycles. The quantitative estimate of drug-likeness (QED) is 0.783. The number of anilines is 1. The van der Waals surface area contributed by atoms with Crippen molar-refractivity contribution in [1.82, 2.24) is 14.3 Å². The number of nitrogens with one attached hydrogen (secondary N) is 1. The van der Waals surface area contributed by atoms with Crippen molar-refractivity contribution in [3.05, 3.63) is 6.33 Å². The van der Waals surface area contributed by atoms with Crippen LogP contribution in [0.4, 0.5) is 5.82 Å². The number of imidazole rings is 1. The normalized spacial score (nSPS) is 13.9. The number of aromatic nitrogens is 2. The van der Waals surface area contributed by atoms with Crippen molar-refractivity contribution in [2.75, 3.05) is 12.3 Å². The molecule has 1 aromatic rings. The van der Waals surface area contributed by atoms with Gasteiger partial charge in [-0.3, -0.25) is 0 Å². The number of rotatable bonds is 5. The largest absolute Gasteiger partial charge is 0.381 e. The molecule has 0 aromatic carbocycles. The van der Waals surface area contributed by atoms with Crippen LogP contribution in [0.15, 0.2) is 11.4 Å². The topological polar surface area (TPSA) is 90.0 Å². The van der Waals surface area contributed by atoms with Gasteiger partial charge >= 0.3 is 0 Å². The minimum absolute atomic E-state index is 0.0239. The van der Waals surface area contributed by atoms with Crippen LogP contribution in [0, 0.1) is 5.92 Å². The molecule has 0 saturated heterocycles. The molecule has 1 atom stereocenters. The second-order valence-corrected chi connectivity index (χ2v) is 5.59. The van der Waals surface area contributed by atoms with E-state index in [-0.39, 0.29) is 10.8 Å².